The van der Waals surface area contributed by atoms with E-state index in [0.29, 0.717) is 0 Å². The highest BCUT2D eigenvalue weighted by Gasteiger charge is 2.13. The van der Waals surface area contributed by atoms with Crippen LogP contribution in [0.1, 0.15) is 16.8 Å². The normalized spacial score (nSPS) is 15.5. The van der Waals surface area contributed by atoms with E-state index in [2.05, 4.69) is 4.90 Å². The molecule has 0 atom stereocenters. The van der Waals surface area contributed by atoms with E-state index < -0.39 is 0 Å². The number of anilines is 1. The zero-order valence-corrected chi connectivity index (χ0v) is 6.86. The third kappa shape index (κ3) is 1.20. The average Bonchev–Trinajstić information content (AvgIpc) is 2.03. The van der Waals surface area contributed by atoms with E-state index in [0.717, 1.165) is 24.9 Å². The van der Waals surface area contributed by atoms with Crippen LogP contribution < -0.4 is 4.90 Å². The fourth-order valence-corrected chi connectivity index (χ4v) is 1.34. The molecule has 2 rings (SSSR count). The number of rotatable bonds is 2. The van der Waals surface area contributed by atoms with Gasteiger partial charge in [-0.1, -0.05) is 0 Å². The Morgan fingerprint density at radius 3 is 2.25 bits per heavy atom. The van der Waals surface area contributed by atoms with Crippen molar-refractivity contribution in [2.75, 3.05) is 18.0 Å². The van der Waals surface area contributed by atoms with Gasteiger partial charge in [-0.3, -0.25) is 4.79 Å². The van der Waals surface area contributed by atoms with Crippen molar-refractivity contribution in [2.24, 2.45) is 0 Å². The molecule has 1 heterocycles. The van der Waals surface area contributed by atoms with Crippen LogP contribution in [-0.4, -0.2) is 19.4 Å². The maximum absolute atomic E-state index is 10.4. The largest absolute Gasteiger partial charge is 0.371 e. The van der Waals surface area contributed by atoms with E-state index >= 15 is 0 Å². The molecule has 2 nitrogen and oxygen atoms in total. The summed E-state index contributed by atoms with van der Waals surface area (Å²) in [6.45, 7) is 2.31. The Bertz CT molecular complexity index is 274. The van der Waals surface area contributed by atoms with Gasteiger partial charge in [-0.05, 0) is 30.7 Å². The lowest BCUT2D eigenvalue weighted by atomic mass is 10.1. The van der Waals surface area contributed by atoms with Gasteiger partial charge in [0.25, 0.3) is 0 Å². The molecule has 0 N–H and O–H groups in total. The molecule has 12 heavy (non-hydrogen) atoms. The summed E-state index contributed by atoms with van der Waals surface area (Å²) in [5, 5.41) is 0. The number of hydrogen-bond donors (Lipinski definition) is 0. The summed E-state index contributed by atoms with van der Waals surface area (Å²) in [6.07, 6.45) is 2.16. The van der Waals surface area contributed by atoms with E-state index in [1.807, 2.05) is 24.3 Å². The first-order valence-corrected chi connectivity index (χ1v) is 4.20. The molecule has 0 aliphatic carbocycles. The first-order chi connectivity index (χ1) is 5.90. The van der Waals surface area contributed by atoms with Crippen molar-refractivity contribution < 1.29 is 4.79 Å². The Kier molecular flexibility index (Phi) is 1.82. The molecule has 1 fully saturated rings. The maximum Gasteiger partial charge on any atom is 0.150 e. The van der Waals surface area contributed by atoms with Crippen molar-refractivity contribution in [1.29, 1.82) is 0 Å². The van der Waals surface area contributed by atoms with Crippen LogP contribution in [0, 0.1) is 0 Å². The quantitative estimate of drug-likeness (QED) is 0.615. The Hall–Kier alpha value is -1.31. The molecule has 0 amide bonds. The monoisotopic (exact) mass is 161 g/mol. The first-order valence-electron chi connectivity index (χ1n) is 4.20. The van der Waals surface area contributed by atoms with E-state index in [1.54, 1.807) is 0 Å². The van der Waals surface area contributed by atoms with Gasteiger partial charge in [0.15, 0.2) is 0 Å². The Labute approximate surface area is 71.8 Å². The molecule has 0 bridgehead atoms. The molecule has 0 aromatic heterocycles. The molecular weight excluding hydrogens is 150 g/mol. The van der Waals surface area contributed by atoms with Crippen LogP contribution in [0.15, 0.2) is 24.3 Å². The van der Waals surface area contributed by atoms with Crippen LogP contribution in [0.25, 0.3) is 0 Å². The molecule has 1 aliphatic rings. The molecular formula is C10H11NO. The van der Waals surface area contributed by atoms with Gasteiger partial charge in [-0.15, -0.1) is 0 Å². The molecule has 62 valence electrons. The predicted molar refractivity (Wildman–Crippen MR) is 48.7 cm³/mol. The third-order valence-corrected chi connectivity index (χ3v) is 2.25. The molecule has 1 aromatic carbocycles. The van der Waals surface area contributed by atoms with Gasteiger partial charge in [0.1, 0.15) is 6.29 Å². The summed E-state index contributed by atoms with van der Waals surface area (Å²) in [5.41, 5.74) is 1.98. The van der Waals surface area contributed by atoms with Crippen LogP contribution in [-0.2, 0) is 0 Å². The fraction of sp³-hybridized carbons (Fsp3) is 0.300. The first kappa shape index (κ1) is 7.35. The van der Waals surface area contributed by atoms with Crippen LogP contribution >= 0.6 is 0 Å². The van der Waals surface area contributed by atoms with Crippen molar-refractivity contribution in [3.05, 3.63) is 29.8 Å². The lowest BCUT2D eigenvalue weighted by Crippen LogP contribution is -2.36. The minimum Gasteiger partial charge on any atom is -0.371 e. The van der Waals surface area contributed by atoms with Gasteiger partial charge in [0.05, 0.1) is 0 Å². The van der Waals surface area contributed by atoms with Crippen LogP contribution in [0.4, 0.5) is 5.69 Å². The Morgan fingerprint density at radius 1 is 1.17 bits per heavy atom. The molecule has 1 saturated heterocycles. The van der Waals surface area contributed by atoms with Crippen LogP contribution in [0.3, 0.4) is 0 Å². The highest BCUT2D eigenvalue weighted by atomic mass is 16.1. The number of aldehydes is 1. The minimum atomic E-state index is 0.749. The average molecular weight is 161 g/mol. The van der Waals surface area contributed by atoms with E-state index in [1.165, 1.54) is 12.1 Å². The van der Waals surface area contributed by atoms with Gasteiger partial charge in [-0.25, -0.2) is 0 Å². The molecule has 1 aromatic rings. The van der Waals surface area contributed by atoms with Crippen molar-refractivity contribution in [3.8, 4) is 0 Å². The van der Waals surface area contributed by atoms with Crippen molar-refractivity contribution in [1.82, 2.24) is 0 Å². The topological polar surface area (TPSA) is 20.3 Å². The molecule has 0 radical (unpaired) electrons. The maximum atomic E-state index is 10.4. The summed E-state index contributed by atoms with van der Waals surface area (Å²) in [4.78, 5) is 12.7. The van der Waals surface area contributed by atoms with Crippen molar-refractivity contribution in [3.63, 3.8) is 0 Å². The highest BCUT2D eigenvalue weighted by Crippen LogP contribution is 2.19. The number of hydrogen-bond acceptors (Lipinski definition) is 2. The van der Waals surface area contributed by atoms with E-state index in [9.17, 15) is 4.79 Å². The Balaban J connectivity index is 2.18. The lowest BCUT2D eigenvalue weighted by molar-refractivity contribution is 0.112. The fourth-order valence-electron chi connectivity index (χ4n) is 1.34. The lowest BCUT2D eigenvalue weighted by Gasteiger charge is -2.33. The van der Waals surface area contributed by atoms with Gasteiger partial charge in [0.2, 0.25) is 0 Å². The van der Waals surface area contributed by atoms with Crippen molar-refractivity contribution in [2.45, 2.75) is 6.42 Å². The molecule has 0 unspecified atom stereocenters. The van der Waals surface area contributed by atoms with E-state index in [-0.39, 0.29) is 0 Å². The summed E-state index contributed by atoms with van der Waals surface area (Å²) < 4.78 is 0. The number of carbonyl (C=O) groups is 1. The van der Waals surface area contributed by atoms with Crippen LogP contribution in [0.2, 0.25) is 0 Å². The summed E-state index contributed by atoms with van der Waals surface area (Å²) in [7, 11) is 0. The standard InChI is InChI=1S/C10H11NO/c12-8-9-2-4-10(5-3-9)11-6-1-7-11/h2-5,8H,1,6-7H2. The predicted octanol–water partition coefficient (Wildman–Crippen LogP) is 1.71. The van der Waals surface area contributed by atoms with E-state index in [4.69, 9.17) is 0 Å². The highest BCUT2D eigenvalue weighted by molar-refractivity contribution is 5.75. The second kappa shape index (κ2) is 2.97. The SMILES string of the molecule is O=Cc1ccc(N2CCC2)cc1. The van der Waals surface area contributed by atoms with Gasteiger partial charge >= 0.3 is 0 Å². The van der Waals surface area contributed by atoms with Gasteiger partial charge in [-0.2, -0.15) is 0 Å². The zero-order chi connectivity index (χ0) is 8.39. The number of carbonyl (C=O) groups excluding carboxylic acids is 1. The second-order valence-corrected chi connectivity index (χ2v) is 3.05. The summed E-state index contributed by atoms with van der Waals surface area (Å²) >= 11 is 0. The van der Waals surface area contributed by atoms with Gasteiger partial charge in [0, 0.05) is 24.3 Å². The summed E-state index contributed by atoms with van der Waals surface area (Å²) in [6, 6.07) is 7.73. The molecule has 0 spiro atoms. The third-order valence-electron chi connectivity index (χ3n) is 2.25. The molecule has 1 aliphatic heterocycles. The minimum absolute atomic E-state index is 0.749. The molecule has 0 saturated carbocycles. The summed E-state index contributed by atoms with van der Waals surface area (Å²) in [5.74, 6) is 0. The van der Waals surface area contributed by atoms with Gasteiger partial charge < -0.3 is 4.90 Å². The second-order valence-electron chi connectivity index (χ2n) is 3.05. The van der Waals surface area contributed by atoms with Crippen molar-refractivity contribution >= 4 is 12.0 Å². The smallest absolute Gasteiger partial charge is 0.150 e. The number of benzene rings is 1. The Morgan fingerprint density at radius 2 is 1.83 bits per heavy atom. The zero-order valence-electron chi connectivity index (χ0n) is 6.86. The number of nitrogens with zero attached hydrogens (tertiary/aromatic N) is 1. The molecule has 2 heteroatoms. The van der Waals surface area contributed by atoms with Crippen LogP contribution in [0.5, 0.6) is 0 Å².